The molecule has 0 aliphatic carbocycles. The van der Waals surface area contributed by atoms with Gasteiger partial charge in [0, 0.05) is 67.0 Å². The number of carbonyl (C=O) groups excluding carboxylic acids is 5. The molecule has 2 saturated heterocycles. The first kappa shape index (κ1) is 58.5. The van der Waals surface area contributed by atoms with Gasteiger partial charge in [-0.2, -0.15) is 0 Å². The molecule has 2 aliphatic heterocycles. The number of hydrogen-bond donors (Lipinski definition) is 5. The maximum absolute atomic E-state index is 14.3. The Bertz CT molecular complexity index is 1610. The van der Waals surface area contributed by atoms with Gasteiger partial charge in [0.2, 0.25) is 29.5 Å². The number of benzene rings is 1. The van der Waals surface area contributed by atoms with Gasteiger partial charge in [0.1, 0.15) is 6.04 Å². The van der Waals surface area contributed by atoms with E-state index in [1.165, 1.54) is 7.11 Å². The zero-order valence-electron chi connectivity index (χ0n) is 42.2. The summed E-state index contributed by atoms with van der Waals surface area (Å²) in [5.74, 6) is -2.06. The summed E-state index contributed by atoms with van der Waals surface area (Å²) in [5, 5.41) is 20.8. The summed E-state index contributed by atoms with van der Waals surface area (Å²) in [6.45, 7) is 16.3. The lowest BCUT2D eigenvalue weighted by Gasteiger charge is -2.39. The zero-order valence-corrected chi connectivity index (χ0v) is 42.2. The largest absolute Gasteiger partial charge is 0.394 e. The quantitative estimate of drug-likeness (QED) is 0.0606. The average Bonchev–Trinajstić information content (AvgIpc) is 3.83. The van der Waals surface area contributed by atoms with E-state index in [1.54, 1.807) is 30.9 Å². The second-order valence-electron chi connectivity index (χ2n) is 18.1. The standard InChI is InChI=1S/C49H85N7O12/c1-9-36(4)45(54(6)43(59)34-52-49(62)44(35(2)3)55-21-17-50-18-22-55)41(63-7)33-42(58)56-20-13-16-40(56)46(64-8)37(5)47(60)53-39(32-38-14-11-10-12-15-38)48(61)51-19-24-65-26-28-67-30-31-68-29-27-66-25-23-57/h10-12,14-15,35-37,39-41,44-46,50,57H,9,13,16-34H2,1-8H3,(H,51,61)(H,52,62)(H,53,60). The highest BCUT2D eigenvalue weighted by Crippen LogP contribution is 2.29. The van der Waals surface area contributed by atoms with Crippen LogP contribution in [0.4, 0.5) is 0 Å². The third kappa shape index (κ3) is 19.5. The van der Waals surface area contributed by atoms with Crippen LogP contribution in [-0.2, 0) is 58.8 Å². The van der Waals surface area contributed by atoms with Crippen LogP contribution in [0, 0.1) is 17.8 Å². The van der Waals surface area contributed by atoms with Crippen LogP contribution in [0.3, 0.4) is 0 Å². The smallest absolute Gasteiger partial charge is 0.243 e. The number of methoxy groups -OCH3 is 2. The van der Waals surface area contributed by atoms with Crippen LogP contribution in [-0.4, -0.2) is 212 Å². The Balaban J connectivity index is 1.59. The Morgan fingerprint density at radius 3 is 2.00 bits per heavy atom. The highest BCUT2D eigenvalue weighted by Gasteiger charge is 2.42. The molecule has 0 radical (unpaired) electrons. The highest BCUT2D eigenvalue weighted by atomic mass is 16.6. The Morgan fingerprint density at radius 1 is 0.809 bits per heavy atom. The molecule has 19 heteroatoms. The third-order valence-electron chi connectivity index (χ3n) is 13.0. The van der Waals surface area contributed by atoms with Crippen molar-refractivity contribution in [3.63, 3.8) is 0 Å². The zero-order chi connectivity index (χ0) is 49.8. The van der Waals surface area contributed by atoms with E-state index in [2.05, 4.69) is 26.2 Å². The van der Waals surface area contributed by atoms with Gasteiger partial charge in [-0.25, -0.2) is 0 Å². The Hall–Kier alpha value is -3.79. The fraction of sp³-hybridized carbons (Fsp3) is 0.776. The molecule has 19 nitrogen and oxygen atoms in total. The molecule has 2 aliphatic rings. The van der Waals surface area contributed by atoms with Crippen LogP contribution < -0.4 is 21.3 Å². The minimum atomic E-state index is -0.889. The van der Waals surface area contributed by atoms with E-state index in [1.807, 2.05) is 58.0 Å². The maximum Gasteiger partial charge on any atom is 0.243 e. The van der Waals surface area contributed by atoms with Crippen molar-refractivity contribution in [2.45, 2.75) is 103 Å². The van der Waals surface area contributed by atoms with Gasteiger partial charge in [-0.3, -0.25) is 28.9 Å². The molecular formula is C49H85N7O12. The SMILES string of the molecule is CCC(C)C(C(CC(=O)N1CCCC1C(OC)C(C)C(=O)NC(Cc1ccccc1)C(=O)NCCOCCOCCOCCOCCO)OC)N(C)C(=O)CNC(=O)C(C(C)C)N1CCNCC1. The molecule has 8 atom stereocenters. The van der Waals surface area contributed by atoms with Gasteiger partial charge >= 0.3 is 0 Å². The normalized spacial score (nSPS) is 18.6. The Kier molecular flexibility index (Phi) is 28.3. The predicted molar refractivity (Wildman–Crippen MR) is 258 cm³/mol. The molecular weight excluding hydrogens is 879 g/mol. The highest BCUT2D eigenvalue weighted by molar-refractivity contribution is 5.89. The molecule has 3 rings (SSSR count). The number of carbonyl (C=O) groups is 5. The molecule has 5 N–H and O–H groups in total. The molecule has 388 valence electrons. The number of hydrogen-bond acceptors (Lipinski definition) is 14. The van der Waals surface area contributed by atoms with Crippen LogP contribution in [0.15, 0.2) is 30.3 Å². The average molecular weight is 964 g/mol. The van der Waals surface area contributed by atoms with Gasteiger partial charge in [-0.05, 0) is 30.2 Å². The summed E-state index contributed by atoms with van der Waals surface area (Å²) >= 11 is 0. The third-order valence-corrected chi connectivity index (χ3v) is 13.0. The van der Waals surface area contributed by atoms with E-state index < -0.39 is 36.3 Å². The number of nitrogens with one attached hydrogen (secondary N) is 4. The second kappa shape index (κ2) is 32.9. The van der Waals surface area contributed by atoms with Gasteiger partial charge in [0.25, 0.3) is 0 Å². The molecule has 1 aromatic rings. The van der Waals surface area contributed by atoms with Crippen molar-refractivity contribution in [3.05, 3.63) is 35.9 Å². The van der Waals surface area contributed by atoms with E-state index in [0.717, 1.165) is 38.2 Å². The van der Waals surface area contributed by atoms with Crippen molar-refractivity contribution in [3.8, 4) is 0 Å². The van der Waals surface area contributed by atoms with Crippen molar-refractivity contribution in [1.29, 1.82) is 0 Å². The lowest BCUT2D eigenvalue weighted by atomic mass is 9.90. The van der Waals surface area contributed by atoms with Crippen molar-refractivity contribution in [2.75, 3.05) is 127 Å². The number of likely N-dealkylation sites (tertiary alicyclic amines) is 1. The number of likely N-dealkylation sites (N-methyl/N-ethyl adjacent to an activating group) is 1. The van der Waals surface area contributed by atoms with Crippen LogP contribution in [0.1, 0.15) is 65.9 Å². The maximum atomic E-state index is 14.3. The van der Waals surface area contributed by atoms with E-state index in [9.17, 15) is 24.0 Å². The number of amides is 5. The topological polar surface area (TPSA) is 219 Å². The second-order valence-corrected chi connectivity index (χ2v) is 18.1. The minimum absolute atomic E-state index is 0.00405. The molecule has 1 aromatic carbocycles. The Morgan fingerprint density at radius 2 is 1.43 bits per heavy atom. The number of piperazine rings is 1. The lowest BCUT2D eigenvalue weighted by molar-refractivity contribution is -0.146. The summed E-state index contributed by atoms with van der Waals surface area (Å²) in [6.07, 6.45) is 0.985. The van der Waals surface area contributed by atoms with E-state index >= 15 is 0 Å². The lowest BCUT2D eigenvalue weighted by Crippen LogP contribution is -2.57. The molecule has 0 saturated carbocycles. The van der Waals surface area contributed by atoms with Gasteiger partial charge in [-0.1, -0.05) is 71.4 Å². The van der Waals surface area contributed by atoms with Crippen LogP contribution in [0.5, 0.6) is 0 Å². The molecule has 2 heterocycles. The van der Waals surface area contributed by atoms with Crippen molar-refractivity contribution < 1.29 is 57.5 Å². The molecule has 68 heavy (non-hydrogen) atoms. The molecule has 8 unspecified atom stereocenters. The number of rotatable bonds is 34. The first-order chi connectivity index (χ1) is 32.8. The van der Waals surface area contributed by atoms with Gasteiger partial charge in [-0.15, -0.1) is 0 Å². The van der Waals surface area contributed by atoms with Crippen LogP contribution in [0.25, 0.3) is 0 Å². The van der Waals surface area contributed by atoms with E-state index in [-0.39, 0.29) is 93.2 Å². The number of aliphatic hydroxyl groups excluding tert-OH is 1. The fourth-order valence-corrected chi connectivity index (χ4v) is 9.13. The van der Waals surface area contributed by atoms with Crippen LogP contribution in [0.2, 0.25) is 0 Å². The monoisotopic (exact) mass is 964 g/mol. The predicted octanol–water partition coefficient (Wildman–Crippen LogP) is 0.855. The van der Waals surface area contributed by atoms with Gasteiger partial charge in [0.15, 0.2) is 0 Å². The number of nitrogens with zero attached hydrogens (tertiary/aromatic N) is 3. The first-order valence-corrected chi connectivity index (χ1v) is 24.7. The molecule has 0 aromatic heterocycles. The van der Waals surface area contributed by atoms with E-state index in [0.29, 0.717) is 59.0 Å². The summed E-state index contributed by atoms with van der Waals surface area (Å²) < 4.78 is 33.7. The van der Waals surface area contributed by atoms with Crippen molar-refractivity contribution in [1.82, 2.24) is 36.0 Å². The number of ether oxygens (including phenoxy) is 6. The molecule has 5 amide bonds. The summed E-state index contributed by atoms with van der Waals surface area (Å²) in [4.78, 5) is 74.8. The van der Waals surface area contributed by atoms with Crippen LogP contribution >= 0.6 is 0 Å². The van der Waals surface area contributed by atoms with E-state index in [4.69, 9.17) is 33.5 Å². The van der Waals surface area contributed by atoms with Gasteiger partial charge in [0.05, 0.1) is 109 Å². The summed E-state index contributed by atoms with van der Waals surface area (Å²) in [6, 6.07) is 7.33. The van der Waals surface area contributed by atoms with Crippen molar-refractivity contribution in [2.24, 2.45) is 17.8 Å². The first-order valence-electron chi connectivity index (χ1n) is 24.7. The molecule has 0 spiro atoms. The number of aliphatic hydroxyl groups is 1. The molecule has 0 bridgehead atoms. The summed E-state index contributed by atoms with van der Waals surface area (Å²) in [7, 11) is 4.78. The fourth-order valence-electron chi connectivity index (χ4n) is 9.13. The molecule has 2 fully saturated rings. The van der Waals surface area contributed by atoms with Crippen molar-refractivity contribution >= 4 is 29.5 Å². The van der Waals surface area contributed by atoms with Gasteiger partial charge < -0.3 is 64.6 Å². The Labute approximate surface area is 405 Å². The summed E-state index contributed by atoms with van der Waals surface area (Å²) in [5.41, 5.74) is 0.873. The minimum Gasteiger partial charge on any atom is -0.394 e.